The van der Waals surface area contributed by atoms with E-state index in [2.05, 4.69) is 51.2 Å². The summed E-state index contributed by atoms with van der Waals surface area (Å²) in [6.45, 7) is 18.5. The van der Waals surface area contributed by atoms with Crippen molar-refractivity contribution in [1.29, 1.82) is 0 Å². The average molecular weight is 443 g/mol. The van der Waals surface area contributed by atoms with Crippen LogP contribution in [0.3, 0.4) is 0 Å². The van der Waals surface area contributed by atoms with E-state index in [1.807, 2.05) is 6.92 Å². The van der Waals surface area contributed by atoms with Gasteiger partial charge in [0.05, 0.1) is 12.2 Å². The van der Waals surface area contributed by atoms with Crippen LogP contribution in [0.4, 0.5) is 0 Å². The molecule has 0 amide bonds. The summed E-state index contributed by atoms with van der Waals surface area (Å²) in [5.41, 5.74) is 0.111. The molecule has 180 valence electrons. The lowest BCUT2D eigenvalue weighted by molar-refractivity contribution is -0.241. The molecule has 0 bridgehead atoms. The fraction of sp³-hybridized carbons (Fsp3) is 0.821. The highest BCUT2D eigenvalue weighted by molar-refractivity contribution is 5.86. The Morgan fingerprint density at radius 2 is 1.72 bits per heavy atom. The van der Waals surface area contributed by atoms with E-state index in [-0.39, 0.29) is 33.0 Å². The molecule has 1 N–H and O–H groups in total. The van der Waals surface area contributed by atoms with E-state index in [9.17, 15) is 10.3 Å². The van der Waals surface area contributed by atoms with Crippen LogP contribution in [0.5, 0.6) is 0 Å². The first kappa shape index (κ1) is 24.0. The van der Waals surface area contributed by atoms with Crippen LogP contribution in [-0.2, 0) is 4.74 Å². The smallest absolute Gasteiger partial charge is 0.0885 e. The van der Waals surface area contributed by atoms with Gasteiger partial charge in [-0.3, -0.25) is 0 Å². The highest BCUT2D eigenvalue weighted by Gasteiger charge is 2.73. The summed E-state index contributed by atoms with van der Waals surface area (Å²) in [5.74, 6) is 0.694. The van der Waals surface area contributed by atoms with Gasteiger partial charge in [-0.2, -0.15) is 0 Å². The van der Waals surface area contributed by atoms with Gasteiger partial charge in [-0.25, -0.2) is 0 Å². The molecule has 4 nitrogen and oxygen atoms in total. The molecule has 0 radical (unpaired) electrons. The minimum Gasteiger partial charge on any atom is -0.792 e. The lowest BCUT2D eigenvalue weighted by Gasteiger charge is -2.73. The average Bonchev–Trinajstić information content (AvgIpc) is 3.07. The van der Waals surface area contributed by atoms with Gasteiger partial charge in [-0.1, -0.05) is 32.9 Å². The molecule has 4 heteroatoms. The van der Waals surface area contributed by atoms with Gasteiger partial charge in [0.2, 0.25) is 0 Å². The summed E-state index contributed by atoms with van der Waals surface area (Å²) in [5, 5.41) is 26.3. The summed E-state index contributed by atoms with van der Waals surface area (Å²) in [7, 11) is 1.69. The van der Waals surface area contributed by atoms with Crippen molar-refractivity contribution in [2.45, 2.75) is 91.1 Å². The molecular formula is C28H44NO3-. The Morgan fingerprint density at radius 3 is 2.31 bits per heavy atom. The molecule has 0 unspecified atom stereocenters. The zero-order valence-electron chi connectivity index (χ0n) is 21.0. The highest BCUT2D eigenvalue weighted by atomic mass is 16.5. The van der Waals surface area contributed by atoms with Crippen molar-refractivity contribution in [3.05, 3.63) is 30.5 Å². The molecule has 0 aromatic heterocycles. The van der Waals surface area contributed by atoms with Crippen molar-refractivity contribution in [3.63, 3.8) is 0 Å². The Kier molecular flexibility index (Phi) is 5.58. The zero-order valence-corrected chi connectivity index (χ0v) is 21.0. The first-order valence-electron chi connectivity index (χ1n) is 12.6. The van der Waals surface area contributed by atoms with Crippen LogP contribution in [0.15, 0.2) is 30.5 Å². The summed E-state index contributed by atoms with van der Waals surface area (Å²) < 4.78 is 5.43. The fourth-order valence-corrected chi connectivity index (χ4v) is 10.1. The van der Waals surface area contributed by atoms with Gasteiger partial charge in [-0.15, -0.1) is 13.2 Å². The second-order valence-corrected chi connectivity index (χ2v) is 12.5. The Balaban J connectivity index is 1.81. The zero-order chi connectivity index (χ0) is 23.6. The summed E-state index contributed by atoms with van der Waals surface area (Å²) in [6.07, 6.45) is 13.6. The molecule has 32 heavy (non-hydrogen) atoms. The Morgan fingerprint density at radius 1 is 1.03 bits per heavy atom. The van der Waals surface area contributed by atoms with Crippen LogP contribution >= 0.6 is 0 Å². The van der Waals surface area contributed by atoms with E-state index >= 15 is 0 Å². The van der Waals surface area contributed by atoms with E-state index in [1.54, 1.807) is 7.11 Å². The van der Waals surface area contributed by atoms with Crippen molar-refractivity contribution in [2.75, 3.05) is 13.7 Å². The van der Waals surface area contributed by atoms with Crippen molar-refractivity contribution in [2.24, 2.45) is 44.1 Å². The molecular weight excluding hydrogens is 398 g/mol. The summed E-state index contributed by atoms with van der Waals surface area (Å²) >= 11 is 0. The topological polar surface area (TPSA) is 64.9 Å². The van der Waals surface area contributed by atoms with Gasteiger partial charge in [0.15, 0.2) is 0 Å². The standard InChI is InChI=1S/C28H45NO3/c1-8-27-13-10-21(20(3)29-31)24(27,5)14-17-28(9-2)22(27)11-12-23(4)18-26(30,19-32-7)16-15-25(23,28)6/h8-9,21-22,30-31H,1-2,10-19H2,3-7H3/p-1/b29-20+/t21-,22+,23+,24-,25+,26-,27+,28+/m1/s1. The third-order valence-corrected chi connectivity index (χ3v) is 11.9. The van der Waals surface area contributed by atoms with Gasteiger partial charge >= 0.3 is 0 Å². The summed E-state index contributed by atoms with van der Waals surface area (Å²) in [6, 6.07) is 0. The molecule has 4 fully saturated rings. The number of ether oxygens (including phenoxy) is 1. The molecule has 4 saturated carbocycles. The third kappa shape index (κ3) is 2.66. The largest absolute Gasteiger partial charge is 0.792 e. The van der Waals surface area contributed by atoms with E-state index in [4.69, 9.17) is 4.74 Å². The molecule has 4 aliphatic carbocycles. The van der Waals surface area contributed by atoms with Crippen LogP contribution in [0.1, 0.15) is 85.5 Å². The minimum absolute atomic E-state index is 0.000492. The van der Waals surface area contributed by atoms with E-state index in [0.29, 0.717) is 12.5 Å². The lowest BCUT2D eigenvalue weighted by atomic mass is 9.31. The number of hydrogen-bond acceptors (Lipinski definition) is 4. The number of hydrogen-bond donors (Lipinski definition) is 1. The van der Waals surface area contributed by atoms with Gasteiger partial charge in [-0.05, 0) is 97.7 Å². The van der Waals surface area contributed by atoms with Gasteiger partial charge in [0.25, 0.3) is 0 Å². The monoisotopic (exact) mass is 442 g/mol. The highest BCUT2D eigenvalue weighted by Crippen LogP contribution is 2.80. The predicted molar refractivity (Wildman–Crippen MR) is 131 cm³/mol. The lowest BCUT2D eigenvalue weighted by Crippen LogP contribution is -2.68. The van der Waals surface area contributed by atoms with Crippen LogP contribution in [-0.4, -0.2) is 30.1 Å². The predicted octanol–water partition coefficient (Wildman–Crippen LogP) is 6.48. The molecule has 8 atom stereocenters. The summed E-state index contributed by atoms with van der Waals surface area (Å²) in [4.78, 5) is 0. The van der Waals surface area contributed by atoms with Crippen LogP contribution < -0.4 is 0 Å². The van der Waals surface area contributed by atoms with Crippen LogP contribution in [0, 0.1) is 44.1 Å². The normalized spacial score (nSPS) is 53.1. The van der Waals surface area contributed by atoms with Crippen molar-refractivity contribution in [1.82, 2.24) is 0 Å². The first-order chi connectivity index (χ1) is 15.0. The maximum absolute atomic E-state index is 11.5. The Hall–Kier alpha value is -1.13. The number of nitrogens with zero attached hydrogens (tertiary/aromatic N) is 1. The molecule has 4 aliphatic rings. The second kappa shape index (κ2) is 7.43. The maximum atomic E-state index is 11.5. The fourth-order valence-electron chi connectivity index (χ4n) is 10.1. The number of rotatable bonds is 5. The number of allylic oxidation sites excluding steroid dienone is 2. The second-order valence-electron chi connectivity index (χ2n) is 12.5. The van der Waals surface area contributed by atoms with Crippen molar-refractivity contribution < 1.29 is 9.84 Å². The Labute approximate surface area is 195 Å². The molecule has 0 spiro atoms. The molecule has 0 heterocycles. The van der Waals surface area contributed by atoms with E-state index in [1.165, 1.54) is 0 Å². The van der Waals surface area contributed by atoms with E-state index < -0.39 is 5.60 Å². The van der Waals surface area contributed by atoms with E-state index in [0.717, 1.165) is 63.5 Å². The molecule has 0 saturated heterocycles. The van der Waals surface area contributed by atoms with Gasteiger partial charge in [0.1, 0.15) is 0 Å². The van der Waals surface area contributed by atoms with Crippen molar-refractivity contribution >= 4 is 5.71 Å². The van der Waals surface area contributed by atoms with Crippen LogP contribution in [0.2, 0.25) is 0 Å². The van der Waals surface area contributed by atoms with Gasteiger partial charge < -0.3 is 20.2 Å². The van der Waals surface area contributed by atoms with Gasteiger partial charge in [0, 0.05) is 18.7 Å². The third-order valence-electron chi connectivity index (χ3n) is 11.9. The molecule has 0 aromatic carbocycles. The van der Waals surface area contributed by atoms with Crippen molar-refractivity contribution in [3.8, 4) is 0 Å². The minimum atomic E-state index is -0.738. The quantitative estimate of drug-likeness (QED) is 0.301. The van der Waals surface area contributed by atoms with Crippen LogP contribution in [0.25, 0.3) is 0 Å². The first-order valence-corrected chi connectivity index (χ1v) is 12.6. The number of aliphatic hydroxyl groups is 1. The Bertz CT molecular complexity index is 823. The number of methoxy groups -OCH3 is 1. The molecule has 0 aromatic rings. The molecule has 0 aliphatic heterocycles. The molecule has 4 rings (SSSR count). The SMILES string of the molecule is C=C[C@]12CC[C@]3(C)[C@@H](/C(C)=N/[O-])CC[C@@]3(C=C)[C@@H]1CC[C@@]1(C)C[C@@](O)(COC)CC[C@@]12C. The maximum Gasteiger partial charge on any atom is 0.0885 e. The number of fused-ring (bicyclic) bond motifs is 5.